The molecule has 0 saturated heterocycles. The van der Waals surface area contributed by atoms with Gasteiger partial charge in [0.2, 0.25) is 0 Å². The summed E-state index contributed by atoms with van der Waals surface area (Å²) in [5.41, 5.74) is 0. The molecule has 1 N–H and O–H groups in total. The van der Waals surface area contributed by atoms with Crippen molar-refractivity contribution >= 4 is 0 Å². The van der Waals surface area contributed by atoms with Crippen LogP contribution in [0.3, 0.4) is 0 Å². The summed E-state index contributed by atoms with van der Waals surface area (Å²) in [6, 6.07) is 0. The first kappa shape index (κ1) is 10.6. The van der Waals surface area contributed by atoms with E-state index in [1.807, 2.05) is 6.92 Å². The Morgan fingerprint density at radius 2 is 2.00 bits per heavy atom. The smallest absolute Gasteiger partial charge is 0.0576 e. The van der Waals surface area contributed by atoms with Crippen LogP contribution in [0.2, 0.25) is 0 Å². The molecule has 0 unspecified atom stereocenters. The molecule has 0 radical (unpaired) electrons. The molecule has 1 fully saturated rings. The van der Waals surface area contributed by atoms with Gasteiger partial charge in [0.1, 0.15) is 0 Å². The molecule has 1 saturated carbocycles. The van der Waals surface area contributed by atoms with E-state index < -0.39 is 0 Å². The van der Waals surface area contributed by atoms with E-state index in [1.54, 1.807) is 0 Å². The maximum atomic E-state index is 3.36. The van der Waals surface area contributed by atoms with Crippen molar-refractivity contribution in [2.45, 2.75) is 45.4 Å². The normalized spacial score (nSPS) is 17.9. The van der Waals surface area contributed by atoms with E-state index in [-0.39, 0.29) is 0 Å². The van der Waals surface area contributed by atoms with Gasteiger partial charge in [0, 0.05) is 0 Å². The standard InChI is InChI=1S/C12H21N/c1-2-3-10-13-11-9-12-7-5-4-6-8-12/h12-13H,4-11H2,1H3. The third-order valence-corrected chi connectivity index (χ3v) is 2.84. The molecule has 1 nitrogen and oxygen atoms in total. The van der Waals surface area contributed by atoms with E-state index in [2.05, 4.69) is 17.2 Å². The molecule has 74 valence electrons. The number of nitrogens with one attached hydrogen (secondary N) is 1. The van der Waals surface area contributed by atoms with Gasteiger partial charge in [-0.3, -0.25) is 0 Å². The van der Waals surface area contributed by atoms with Crippen molar-refractivity contribution in [1.82, 2.24) is 5.32 Å². The number of hydrogen-bond acceptors (Lipinski definition) is 1. The summed E-state index contributed by atoms with van der Waals surface area (Å²) in [5, 5.41) is 3.36. The molecular weight excluding hydrogens is 158 g/mol. The molecule has 13 heavy (non-hydrogen) atoms. The molecule has 0 aromatic heterocycles. The molecule has 1 aliphatic carbocycles. The Kier molecular flexibility index (Phi) is 5.69. The van der Waals surface area contributed by atoms with E-state index >= 15 is 0 Å². The number of rotatable bonds is 4. The van der Waals surface area contributed by atoms with Crippen molar-refractivity contribution in [3.05, 3.63) is 0 Å². The minimum atomic E-state index is 0.864. The molecular formula is C12H21N. The van der Waals surface area contributed by atoms with Crippen molar-refractivity contribution in [3.8, 4) is 11.8 Å². The van der Waals surface area contributed by atoms with Crippen LogP contribution < -0.4 is 5.32 Å². The van der Waals surface area contributed by atoms with Gasteiger partial charge in [-0.05, 0) is 25.8 Å². The lowest BCUT2D eigenvalue weighted by atomic mass is 9.87. The van der Waals surface area contributed by atoms with Gasteiger partial charge in [-0.25, -0.2) is 0 Å². The van der Waals surface area contributed by atoms with E-state index in [4.69, 9.17) is 0 Å². The van der Waals surface area contributed by atoms with Gasteiger partial charge >= 0.3 is 0 Å². The lowest BCUT2D eigenvalue weighted by molar-refractivity contribution is 0.336. The number of hydrogen-bond donors (Lipinski definition) is 1. The van der Waals surface area contributed by atoms with Crippen molar-refractivity contribution in [2.24, 2.45) is 5.92 Å². The first-order chi connectivity index (χ1) is 6.43. The third kappa shape index (κ3) is 4.95. The highest BCUT2D eigenvalue weighted by molar-refractivity contribution is 4.96. The first-order valence-electron chi connectivity index (χ1n) is 5.54. The van der Waals surface area contributed by atoms with Crippen molar-refractivity contribution < 1.29 is 0 Å². The molecule has 0 amide bonds. The summed E-state index contributed by atoms with van der Waals surface area (Å²) in [4.78, 5) is 0. The molecule has 1 heteroatoms. The Balaban J connectivity index is 1.94. The van der Waals surface area contributed by atoms with Gasteiger partial charge in [-0.1, -0.05) is 38.0 Å². The topological polar surface area (TPSA) is 12.0 Å². The molecule has 0 bridgehead atoms. The molecule has 0 aliphatic heterocycles. The molecule has 0 heterocycles. The second kappa shape index (κ2) is 6.97. The van der Waals surface area contributed by atoms with Crippen LogP contribution in [0.15, 0.2) is 0 Å². The van der Waals surface area contributed by atoms with Crippen LogP contribution in [-0.2, 0) is 0 Å². The van der Waals surface area contributed by atoms with Crippen molar-refractivity contribution in [1.29, 1.82) is 0 Å². The summed E-state index contributed by atoms with van der Waals surface area (Å²) in [6.45, 7) is 3.91. The lowest BCUT2D eigenvalue weighted by Crippen LogP contribution is -2.19. The summed E-state index contributed by atoms with van der Waals surface area (Å²) in [7, 11) is 0. The zero-order valence-corrected chi connectivity index (χ0v) is 8.73. The zero-order chi connectivity index (χ0) is 9.36. The minimum Gasteiger partial charge on any atom is -0.306 e. The first-order valence-corrected chi connectivity index (χ1v) is 5.54. The molecule has 1 rings (SSSR count). The molecule has 0 spiro atoms. The highest BCUT2D eigenvalue weighted by Gasteiger charge is 2.11. The van der Waals surface area contributed by atoms with Crippen molar-refractivity contribution in [2.75, 3.05) is 13.1 Å². The second-order valence-corrected chi connectivity index (χ2v) is 3.90. The summed E-state index contributed by atoms with van der Waals surface area (Å²) >= 11 is 0. The summed E-state index contributed by atoms with van der Waals surface area (Å²) < 4.78 is 0. The maximum Gasteiger partial charge on any atom is 0.0576 e. The Hall–Kier alpha value is -0.480. The Labute approximate surface area is 82.3 Å². The van der Waals surface area contributed by atoms with E-state index in [0.717, 1.165) is 19.0 Å². The van der Waals surface area contributed by atoms with Gasteiger partial charge in [-0.2, -0.15) is 0 Å². The van der Waals surface area contributed by atoms with E-state index in [9.17, 15) is 0 Å². The fourth-order valence-corrected chi connectivity index (χ4v) is 2.02. The van der Waals surface area contributed by atoms with Crippen LogP contribution in [0.1, 0.15) is 45.4 Å². The second-order valence-electron chi connectivity index (χ2n) is 3.90. The third-order valence-electron chi connectivity index (χ3n) is 2.84. The van der Waals surface area contributed by atoms with Crippen LogP contribution in [0, 0.1) is 17.8 Å². The van der Waals surface area contributed by atoms with Crippen LogP contribution in [0.5, 0.6) is 0 Å². The van der Waals surface area contributed by atoms with Gasteiger partial charge in [0.25, 0.3) is 0 Å². The molecule has 0 aromatic carbocycles. The quantitative estimate of drug-likeness (QED) is 0.516. The molecule has 0 aromatic rings. The largest absolute Gasteiger partial charge is 0.306 e. The van der Waals surface area contributed by atoms with Crippen LogP contribution in [0.4, 0.5) is 0 Å². The van der Waals surface area contributed by atoms with Gasteiger partial charge in [-0.15, -0.1) is 5.92 Å². The van der Waals surface area contributed by atoms with Crippen LogP contribution >= 0.6 is 0 Å². The predicted octanol–water partition coefficient (Wildman–Crippen LogP) is 2.57. The van der Waals surface area contributed by atoms with Gasteiger partial charge in [0.15, 0.2) is 0 Å². The van der Waals surface area contributed by atoms with Crippen LogP contribution in [-0.4, -0.2) is 13.1 Å². The Bertz CT molecular complexity index is 169. The average molecular weight is 179 g/mol. The van der Waals surface area contributed by atoms with Gasteiger partial charge in [0.05, 0.1) is 6.54 Å². The maximum absolute atomic E-state index is 3.36. The molecule has 0 atom stereocenters. The SMILES string of the molecule is CC#CCNCCC1CCCCC1. The van der Waals surface area contributed by atoms with E-state index in [0.29, 0.717) is 0 Å². The minimum absolute atomic E-state index is 0.864. The fourth-order valence-electron chi connectivity index (χ4n) is 2.02. The average Bonchev–Trinajstić information content (AvgIpc) is 2.19. The van der Waals surface area contributed by atoms with Crippen molar-refractivity contribution in [3.63, 3.8) is 0 Å². The van der Waals surface area contributed by atoms with E-state index in [1.165, 1.54) is 38.5 Å². The van der Waals surface area contributed by atoms with Crippen LogP contribution in [0.25, 0.3) is 0 Å². The summed E-state index contributed by atoms with van der Waals surface area (Å²) in [5.74, 6) is 6.91. The highest BCUT2D eigenvalue weighted by Crippen LogP contribution is 2.25. The lowest BCUT2D eigenvalue weighted by Gasteiger charge is -2.21. The zero-order valence-electron chi connectivity index (χ0n) is 8.73. The Morgan fingerprint density at radius 3 is 2.69 bits per heavy atom. The summed E-state index contributed by atoms with van der Waals surface area (Å²) in [6.07, 6.45) is 8.65. The predicted molar refractivity (Wildman–Crippen MR) is 57.5 cm³/mol. The fraction of sp³-hybridized carbons (Fsp3) is 0.833. The monoisotopic (exact) mass is 179 g/mol. The highest BCUT2D eigenvalue weighted by atomic mass is 14.8. The molecule has 1 aliphatic rings. The Morgan fingerprint density at radius 1 is 1.23 bits per heavy atom. The van der Waals surface area contributed by atoms with Gasteiger partial charge < -0.3 is 5.32 Å².